The summed E-state index contributed by atoms with van der Waals surface area (Å²) in [5.41, 5.74) is 0.540. The second-order valence-corrected chi connectivity index (χ2v) is 5.30. The van der Waals surface area contributed by atoms with E-state index in [0.717, 1.165) is 19.3 Å². The predicted molar refractivity (Wildman–Crippen MR) is 80.9 cm³/mol. The largest absolute Gasteiger partial charge is 0.487 e. The first kappa shape index (κ1) is 15.6. The van der Waals surface area contributed by atoms with E-state index in [2.05, 4.69) is 5.32 Å². The number of nitro groups is 1. The maximum Gasteiger partial charge on any atom is 0.333 e. The van der Waals surface area contributed by atoms with Crippen molar-refractivity contribution in [1.29, 1.82) is 0 Å². The van der Waals surface area contributed by atoms with Crippen molar-refractivity contribution in [3.8, 4) is 5.75 Å². The molecule has 0 saturated carbocycles. The molecule has 1 saturated heterocycles. The molecule has 1 aliphatic rings. The minimum Gasteiger partial charge on any atom is -0.487 e. The van der Waals surface area contributed by atoms with Gasteiger partial charge in [0.1, 0.15) is 5.69 Å². The lowest BCUT2D eigenvalue weighted by molar-refractivity contribution is -0.385. The number of ether oxygens (including phenoxy) is 2. The Balaban J connectivity index is 2.19. The summed E-state index contributed by atoms with van der Waals surface area (Å²) in [6.45, 7) is 5.14. The van der Waals surface area contributed by atoms with Crippen molar-refractivity contribution in [1.82, 2.24) is 0 Å². The molecule has 0 spiro atoms. The molecule has 0 bridgehead atoms. The fourth-order valence-electron chi connectivity index (χ4n) is 2.50. The minimum absolute atomic E-state index is 0.0186. The molecule has 1 aliphatic heterocycles. The van der Waals surface area contributed by atoms with Crippen molar-refractivity contribution >= 4 is 11.4 Å². The third-order valence-electron chi connectivity index (χ3n) is 3.49. The molecule has 0 radical (unpaired) electrons. The summed E-state index contributed by atoms with van der Waals surface area (Å²) in [6.07, 6.45) is 2.68. The van der Waals surface area contributed by atoms with E-state index >= 15 is 0 Å². The molecular formula is C15H22N2O4. The Hall–Kier alpha value is -1.82. The zero-order valence-electron chi connectivity index (χ0n) is 12.5. The number of hydrogen-bond donors (Lipinski definition) is 1. The SMILES string of the molecule is CCCOc1cccc(NC2CCOC(C)C2)c1[N+](=O)[O-]. The summed E-state index contributed by atoms with van der Waals surface area (Å²) in [5, 5.41) is 14.6. The van der Waals surface area contributed by atoms with Crippen LogP contribution in [0.5, 0.6) is 5.75 Å². The first-order valence-electron chi connectivity index (χ1n) is 7.40. The van der Waals surface area contributed by atoms with Crippen molar-refractivity contribution in [2.75, 3.05) is 18.5 Å². The summed E-state index contributed by atoms with van der Waals surface area (Å²) in [4.78, 5) is 11.0. The van der Waals surface area contributed by atoms with Crippen LogP contribution in [0.15, 0.2) is 18.2 Å². The van der Waals surface area contributed by atoms with Gasteiger partial charge in [0.05, 0.1) is 17.6 Å². The van der Waals surface area contributed by atoms with Crippen LogP contribution >= 0.6 is 0 Å². The van der Waals surface area contributed by atoms with Gasteiger partial charge in [-0.15, -0.1) is 0 Å². The topological polar surface area (TPSA) is 73.6 Å². The maximum absolute atomic E-state index is 11.4. The molecule has 1 heterocycles. The summed E-state index contributed by atoms with van der Waals surface area (Å²) < 4.78 is 11.0. The molecule has 2 rings (SSSR count). The van der Waals surface area contributed by atoms with E-state index in [9.17, 15) is 10.1 Å². The van der Waals surface area contributed by atoms with Crippen LogP contribution in [0.25, 0.3) is 0 Å². The number of rotatable bonds is 6. The summed E-state index contributed by atoms with van der Waals surface area (Å²) in [7, 11) is 0. The molecule has 6 nitrogen and oxygen atoms in total. The second kappa shape index (κ2) is 7.26. The average Bonchev–Trinajstić information content (AvgIpc) is 2.45. The van der Waals surface area contributed by atoms with E-state index < -0.39 is 0 Å². The van der Waals surface area contributed by atoms with Crippen molar-refractivity contribution in [2.24, 2.45) is 0 Å². The zero-order valence-corrected chi connectivity index (χ0v) is 12.5. The summed E-state index contributed by atoms with van der Waals surface area (Å²) in [5.74, 6) is 0.326. The van der Waals surface area contributed by atoms with Gasteiger partial charge < -0.3 is 14.8 Å². The Morgan fingerprint density at radius 3 is 3.00 bits per heavy atom. The van der Waals surface area contributed by atoms with Crippen LogP contribution < -0.4 is 10.1 Å². The van der Waals surface area contributed by atoms with Crippen LogP contribution in [0.3, 0.4) is 0 Å². The van der Waals surface area contributed by atoms with Gasteiger partial charge in [-0.3, -0.25) is 10.1 Å². The van der Waals surface area contributed by atoms with E-state index in [1.54, 1.807) is 18.2 Å². The molecule has 0 amide bonds. The number of anilines is 1. The lowest BCUT2D eigenvalue weighted by atomic mass is 10.0. The molecule has 116 valence electrons. The van der Waals surface area contributed by atoms with Crippen LogP contribution in [0, 0.1) is 10.1 Å². The van der Waals surface area contributed by atoms with Gasteiger partial charge in [0.25, 0.3) is 0 Å². The van der Waals surface area contributed by atoms with Crippen molar-refractivity contribution in [3.63, 3.8) is 0 Å². The average molecular weight is 294 g/mol. The molecule has 1 fully saturated rings. The number of nitrogens with zero attached hydrogens (tertiary/aromatic N) is 1. The smallest absolute Gasteiger partial charge is 0.333 e. The fraction of sp³-hybridized carbons (Fsp3) is 0.600. The lowest BCUT2D eigenvalue weighted by Gasteiger charge is -2.28. The zero-order chi connectivity index (χ0) is 15.2. The molecule has 1 aromatic carbocycles. The number of para-hydroxylation sites is 1. The fourth-order valence-corrected chi connectivity index (χ4v) is 2.50. The van der Waals surface area contributed by atoms with Gasteiger partial charge in [-0.05, 0) is 38.3 Å². The highest BCUT2D eigenvalue weighted by Crippen LogP contribution is 2.36. The van der Waals surface area contributed by atoms with E-state index in [0.29, 0.717) is 24.7 Å². The molecule has 21 heavy (non-hydrogen) atoms. The van der Waals surface area contributed by atoms with E-state index in [4.69, 9.17) is 9.47 Å². The van der Waals surface area contributed by atoms with Gasteiger partial charge in [0, 0.05) is 12.6 Å². The minimum atomic E-state index is -0.379. The van der Waals surface area contributed by atoms with E-state index in [-0.39, 0.29) is 22.8 Å². The van der Waals surface area contributed by atoms with Gasteiger partial charge in [-0.25, -0.2) is 0 Å². The highest BCUT2D eigenvalue weighted by Gasteiger charge is 2.25. The Morgan fingerprint density at radius 1 is 1.52 bits per heavy atom. The van der Waals surface area contributed by atoms with Gasteiger partial charge in [0.15, 0.2) is 5.75 Å². The van der Waals surface area contributed by atoms with Crippen molar-refractivity contribution in [3.05, 3.63) is 28.3 Å². The third kappa shape index (κ3) is 4.07. The first-order valence-corrected chi connectivity index (χ1v) is 7.40. The molecule has 0 aliphatic carbocycles. The first-order chi connectivity index (χ1) is 10.1. The van der Waals surface area contributed by atoms with Gasteiger partial charge in [0.2, 0.25) is 0 Å². The molecule has 1 N–H and O–H groups in total. The Bertz CT molecular complexity index is 493. The van der Waals surface area contributed by atoms with Crippen LogP contribution in [-0.4, -0.2) is 30.3 Å². The van der Waals surface area contributed by atoms with Gasteiger partial charge in [-0.1, -0.05) is 13.0 Å². The molecule has 2 unspecified atom stereocenters. The van der Waals surface area contributed by atoms with Crippen LogP contribution in [0.2, 0.25) is 0 Å². The standard InChI is InChI=1S/C15H22N2O4/c1-3-8-21-14-6-4-5-13(15(14)17(18)19)16-12-7-9-20-11(2)10-12/h4-6,11-12,16H,3,7-10H2,1-2H3. The summed E-state index contributed by atoms with van der Waals surface area (Å²) in [6, 6.07) is 5.35. The Morgan fingerprint density at radius 2 is 2.33 bits per heavy atom. The summed E-state index contributed by atoms with van der Waals surface area (Å²) >= 11 is 0. The van der Waals surface area contributed by atoms with Crippen LogP contribution in [0.4, 0.5) is 11.4 Å². The Kier molecular flexibility index (Phi) is 5.38. The molecule has 1 aromatic rings. The van der Waals surface area contributed by atoms with Gasteiger partial charge >= 0.3 is 5.69 Å². The normalized spacial score (nSPS) is 21.8. The van der Waals surface area contributed by atoms with Crippen molar-refractivity contribution < 1.29 is 14.4 Å². The van der Waals surface area contributed by atoms with Crippen LogP contribution in [0.1, 0.15) is 33.1 Å². The predicted octanol–water partition coefficient (Wildman–Crippen LogP) is 3.36. The number of hydrogen-bond acceptors (Lipinski definition) is 5. The molecule has 2 atom stereocenters. The monoisotopic (exact) mass is 294 g/mol. The second-order valence-electron chi connectivity index (χ2n) is 5.30. The highest BCUT2D eigenvalue weighted by atomic mass is 16.6. The molecular weight excluding hydrogens is 272 g/mol. The van der Waals surface area contributed by atoms with E-state index in [1.165, 1.54) is 0 Å². The van der Waals surface area contributed by atoms with E-state index in [1.807, 2.05) is 13.8 Å². The number of nitro benzene ring substituents is 1. The Labute approximate surface area is 124 Å². The number of benzene rings is 1. The molecule has 0 aromatic heterocycles. The third-order valence-corrected chi connectivity index (χ3v) is 3.49. The quantitative estimate of drug-likeness (QED) is 0.643. The molecule has 6 heteroatoms. The maximum atomic E-state index is 11.4. The highest BCUT2D eigenvalue weighted by molar-refractivity contribution is 5.68. The van der Waals surface area contributed by atoms with Gasteiger partial charge in [-0.2, -0.15) is 0 Å². The van der Waals surface area contributed by atoms with Crippen molar-refractivity contribution in [2.45, 2.75) is 45.3 Å². The number of nitrogens with one attached hydrogen (secondary N) is 1. The van der Waals surface area contributed by atoms with Crippen LogP contribution in [-0.2, 0) is 4.74 Å². The lowest BCUT2D eigenvalue weighted by Crippen LogP contribution is -2.32.